The fourth-order valence-electron chi connectivity index (χ4n) is 4.88. The average Bonchev–Trinajstić information content (AvgIpc) is 3.19. The Hall–Kier alpha value is -3.33. The van der Waals surface area contributed by atoms with E-state index in [1.807, 2.05) is 42.5 Å². The van der Waals surface area contributed by atoms with Gasteiger partial charge in [-0.15, -0.1) is 0 Å². The molecule has 1 heterocycles. The zero-order valence-electron chi connectivity index (χ0n) is 16.2. The van der Waals surface area contributed by atoms with Gasteiger partial charge >= 0.3 is 5.97 Å². The van der Waals surface area contributed by atoms with Gasteiger partial charge < -0.3 is 9.30 Å². The predicted molar refractivity (Wildman–Crippen MR) is 111 cm³/mol. The van der Waals surface area contributed by atoms with Crippen molar-refractivity contribution in [2.24, 2.45) is 7.05 Å². The van der Waals surface area contributed by atoms with E-state index >= 15 is 0 Å². The van der Waals surface area contributed by atoms with Gasteiger partial charge in [-0.2, -0.15) is 0 Å². The predicted octanol–water partition coefficient (Wildman–Crippen LogP) is 4.97. The van der Waals surface area contributed by atoms with E-state index in [1.165, 1.54) is 12.7 Å². The van der Waals surface area contributed by atoms with Gasteiger partial charge in [0.15, 0.2) is 0 Å². The molecule has 0 amide bonds. The Morgan fingerprint density at radius 2 is 1.68 bits per heavy atom. The van der Waals surface area contributed by atoms with Crippen LogP contribution in [0.5, 0.6) is 0 Å². The van der Waals surface area contributed by atoms with Crippen molar-refractivity contribution in [3.05, 3.63) is 95.1 Å². The number of esters is 1. The summed E-state index contributed by atoms with van der Waals surface area (Å²) < 4.78 is 7.65. The van der Waals surface area contributed by atoms with Crippen molar-refractivity contribution in [1.29, 1.82) is 0 Å². The number of carbonyl (C=O) groups excluding carboxylic acids is 1. The van der Waals surface area contributed by atoms with E-state index in [9.17, 15) is 4.79 Å². The van der Waals surface area contributed by atoms with Crippen LogP contribution in [0.15, 0.2) is 72.8 Å². The topological polar surface area (TPSA) is 31.2 Å². The summed E-state index contributed by atoms with van der Waals surface area (Å²) in [5.74, 6) is -0.251. The average molecular weight is 367 g/mol. The van der Waals surface area contributed by atoms with E-state index in [-0.39, 0.29) is 5.97 Å². The molecule has 0 fully saturated rings. The minimum Gasteiger partial charge on any atom is -0.468 e. The Morgan fingerprint density at radius 3 is 2.43 bits per heavy atom. The molecule has 1 aromatic heterocycles. The molecular weight excluding hydrogens is 346 g/mol. The molecule has 0 radical (unpaired) electrons. The summed E-state index contributed by atoms with van der Waals surface area (Å²) in [5.41, 5.74) is 6.42. The summed E-state index contributed by atoms with van der Waals surface area (Å²) in [4.78, 5) is 13.6. The molecule has 1 aliphatic rings. The molecule has 0 N–H and O–H groups in total. The molecule has 0 bridgehead atoms. The van der Waals surface area contributed by atoms with E-state index in [1.54, 1.807) is 0 Å². The summed E-state index contributed by atoms with van der Waals surface area (Å²) in [6.45, 7) is 2.09. The maximum Gasteiger partial charge on any atom is 0.325 e. The van der Waals surface area contributed by atoms with Crippen LogP contribution in [0, 0.1) is 6.92 Å². The normalized spacial score (nSPS) is 17.4. The van der Waals surface area contributed by atoms with Crippen molar-refractivity contribution in [1.82, 2.24) is 4.57 Å². The lowest BCUT2D eigenvalue weighted by molar-refractivity contribution is -0.144. The molecule has 1 aliphatic carbocycles. The first kappa shape index (κ1) is 16.8. The van der Waals surface area contributed by atoms with Crippen LogP contribution in [-0.4, -0.2) is 17.6 Å². The van der Waals surface area contributed by atoms with E-state index in [4.69, 9.17) is 4.74 Å². The third kappa shape index (κ3) is 1.91. The third-order valence-electron chi connectivity index (χ3n) is 6.01. The lowest BCUT2D eigenvalue weighted by Gasteiger charge is -2.29. The van der Waals surface area contributed by atoms with Gasteiger partial charge in [-0.1, -0.05) is 66.2 Å². The van der Waals surface area contributed by atoms with Gasteiger partial charge in [0.05, 0.1) is 12.8 Å². The molecule has 1 unspecified atom stereocenters. The van der Waals surface area contributed by atoms with Crippen LogP contribution in [0.25, 0.3) is 22.2 Å². The van der Waals surface area contributed by atoms with E-state index in [0.29, 0.717) is 0 Å². The summed E-state index contributed by atoms with van der Waals surface area (Å²) in [5, 5.41) is 1.10. The van der Waals surface area contributed by atoms with Gasteiger partial charge in [0, 0.05) is 29.1 Å². The van der Waals surface area contributed by atoms with Crippen LogP contribution in [0.4, 0.5) is 0 Å². The highest BCUT2D eigenvalue weighted by Crippen LogP contribution is 2.56. The minimum absolute atomic E-state index is 0.251. The number of ether oxygens (including phenoxy) is 1. The molecule has 3 aromatic carbocycles. The highest BCUT2D eigenvalue weighted by Gasteiger charge is 2.54. The van der Waals surface area contributed by atoms with Crippen molar-refractivity contribution >= 4 is 16.9 Å². The summed E-state index contributed by atoms with van der Waals surface area (Å²) >= 11 is 0. The molecule has 0 saturated heterocycles. The second-order valence-corrected chi connectivity index (χ2v) is 7.46. The second-order valence-electron chi connectivity index (χ2n) is 7.46. The van der Waals surface area contributed by atoms with Crippen LogP contribution in [0.2, 0.25) is 0 Å². The molecule has 3 nitrogen and oxygen atoms in total. The Kier molecular flexibility index (Phi) is 3.50. The Bertz CT molecular complexity index is 1240. The highest BCUT2D eigenvalue weighted by molar-refractivity contribution is 6.08. The maximum absolute atomic E-state index is 13.6. The first-order valence-corrected chi connectivity index (χ1v) is 9.44. The lowest BCUT2D eigenvalue weighted by atomic mass is 9.72. The Morgan fingerprint density at radius 1 is 0.964 bits per heavy atom. The number of hydrogen-bond donors (Lipinski definition) is 0. The molecule has 0 aliphatic heterocycles. The van der Waals surface area contributed by atoms with Crippen LogP contribution in [0.1, 0.15) is 22.3 Å². The SMILES string of the molecule is COC(=O)C1(c2ccccc2)c2ccccc2-c2c1c1cc(C)ccc1n2C. The lowest BCUT2D eigenvalue weighted by Crippen LogP contribution is -2.37. The standard InChI is InChI=1S/C25H21NO2/c1-16-13-14-21-19(15-16)22-23(26(21)2)18-11-7-8-12-20(18)25(22,24(27)28-3)17-9-5-4-6-10-17/h4-15H,1-3H3. The summed E-state index contributed by atoms with van der Waals surface area (Å²) in [7, 11) is 3.55. The molecular formula is C25H21NO2. The number of hydrogen-bond acceptors (Lipinski definition) is 2. The smallest absolute Gasteiger partial charge is 0.325 e. The van der Waals surface area contributed by atoms with E-state index in [0.717, 1.165) is 38.9 Å². The van der Waals surface area contributed by atoms with E-state index < -0.39 is 5.41 Å². The van der Waals surface area contributed by atoms with Gasteiger partial charge in [-0.05, 0) is 30.2 Å². The van der Waals surface area contributed by atoms with Crippen LogP contribution < -0.4 is 0 Å². The monoisotopic (exact) mass is 367 g/mol. The van der Waals surface area contributed by atoms with Crippen molar-refractivity contribution in [3.8, 4) is 11.3 Å². The summed E-state index contributed by atoms with van der Waals surface area (Å²) in [6, 6.07) is 24.6. The molecule has 1 atom stereocenters. The van der Waals surface area contributed by atoms with Crippen LogP contribution in [-0.2, 0) is 22.0 Å². The van der Waals surface area contributed by atoms with Crippen LogP contribution >= 0.6 is 0 Å². The van der Waals surface area contributed by atoms with Gasteiger partial charge in [0.2, 0.25) is 0 Å². The fraction of sp³-hybridized carbons (Fsp3) is 0.160. The second kappa shape index (κ2) is 5.83. The molecule has 3 heteroatoms. The first-order valence-electron chi connectivity index (χ1n) is 9.44. The number of carbonyl (C=O) groups is 1. The fourth-order valence-corrected chi connectivity index (χ4v) is 4.88. The van der Waals surface area contributed by atoms with Crippen molar-refractivity contribution in [3.63, 3.8) is 0 Å². The third-order valence-corrected chi connectivity index (χ3v) is 6.01. The largest absolute Gasteiger partial charge is 0.468 e. The Labute approximate surface area is 164 Å². The van der Waals surface area contributed by atoms with Crippen LogP contribution in [0.3, 0.4) is 0 Å². The van der Waals surface area contributed by atoms with Crippen molar-refractivity contribution in [2.45, 2.75) is 12.3 Å². The number of aryl methyl sites for hydroxylation is 2. The Balaban J connectivity index is 2.05. The summed E-state index contributed by atoms with van der Waals surface area (Å²) in [6.07, 6.45) is 0. The molecule has 4 aromatic rings. The zero-order chi connectivity index (χ0) is 19.5. The highest BCUT2D eigenvalue weighted by atomic mass is 16.5. The van der Waals surface area contributed by atoms with Gasteiger partial charge in [-0.3, -0.25) is 4.79 Å². The first-order chi connectivity index (χ1) is 13.6. The molecule has 0 spiro atoms. The zero-order valence-corrected chi connectivity index (χ0v) is 16.2. The number of benzene rings is 3. The number of methoxy groups -OCH3 is 1. The molecule has 138 valence electrons. The molecule has 5 rings (SSSR count). The quantitative estimate of drug-likeness (QED) is 0.468. The van der Waals surface area contributed by atoms with Crippen molar-refractivity contribution in [2.75, 3.05) is 7.11 Å². The number of fused-ring (bicyclic) bond motifs is 5. The van der Waals surface area contributed by atoms with Gasteiger partial charge in [0.1, 0.15) is 5.41 Å². The number of nitrogens with zero attached hydrogens (tertiary/aromatic N) is 1. The minimum atomic E-state index is -0.977. The number of aromatic nitrogens is 1. The molecule has 28 heavy (non-hydrogen) atoms. The van der Waals surface area contributed by atoms with Gasteiger partial charge in [0.25, 0.3) is 0 Å². The molecule has 0 saturated carbocycles. The van der Waals surface area contributed by atoms with E-state index in [2.05, 4.69) is 48.9 Å². The van der Waals surface area contributed by atoms with Gasteiger partial charge in [-0.25, -0.2) is 0 Å². The number of rotatable bonds is 2. The maximum atomic E-state index is 13.6. The van der Waals surface area contributed by atoms with Crippen molar-refractivity contribution < 1.29 is 9.53 Å².